The molecule has 3 aliphatic rings. The molecule has 0 unspecified atom stereocenters. The number of hydrogen-bond acceptors (Lipinski definition) is 4. The first-order chi connectivity index (χ1) is 10.9. The predicted octanol–water partition coefficient (Wildman–Crippen LogP) is 3.24. The minimum atomic E-state index is 0.707. The van der Waals surface area contributed by atoms with Crippen molar-refractivity contribution in [2.75, 3.05) is 19.6 Å². The lowest BCUT2D eigenvalue weighted by molar-refractivity contribution is 0.123. The minimum Gasteiger partial charge on any atom is -0.295 e. The molecule has 3 aliphatic heterocycles. The molecule has 2 aromatic rings. The summed E-state index contributed by atoms with van der Waals surface area (Å²) in [5.74, 6) is 0.822. The van der Waals surface area contributed by atoms with E-state index in [1.807, 2.05) is 6.20 Å². The van der Waals surface area contributed by atoms with E-state index in [0.29, 0.717) is 6.04 Å². The second kappa shape index (κ2) is 6.49. The highest BCUT2D eigenvalue weighted by Gasteiger charge is 2.34. The normalized spacial score (nSPS) is 26.2. The van der Waals surface area contributed by atoms with Crippen LogP contribution in [-0.2, 0) is 13.1 Å². The Hall–Kier alpha value is -1.23. The number of piperidine rings is 1. The fourth-order valence-electron chi connectivity index (χ4n) is 3.94. The van der Waals surface area contributed by atoms with E-state index in [1.54, 1.807) is 11.3 Å². The van der Waals surface area contributed by atoms with E-state index in [1.165, 1.54) is 43.0 Å². The molecule has 0 saturated carbocycles. The second-order valence-corrected chi connectivity index (χ2v) is 7.61. The lowest BCUT2D eigenvalue weighted by atomic mass is 9.94. The molecule has 116 valence electrons. The van der Waals surface area contributed by atoms with Crippen molar-refractivity contribution >= 4 is 11.3 Å². The second-order valence-electron chi connectivity index (χ2n) is 6.63. The van der Waals surface area contributed by atoms with Crippen molar-refractivity contribution in [2.45, 2.75) is 32.0 Å². The number of hydrogen-bond donors (Lipinski definition) is 0. The zero-order valence-electron chi connectivity index (χ0n) is 12.9. The molecule has 0 amide bonds. The molecular weight excluding hydrogens is 290 g/mol. The smallest absolute Gasteiger partial charge is 0.107 e. The summed E-state index contributed by atoms with van der Waals surface area (Å²) in [5.41, 5.74) is 1.45. The molecule has 4 heterocycles. The van der Waals surface area contributed by atoms with E-state index in [4.69, 9.17) is 0 Å². The van der Waals surface area contributed by atoms with Crippen LogP contribution in [0.15, 0.2) is 41.9 Å². The van der Waals surface area contributed by atoms with Crippen molar-refractivity contribution in [2.24, 2.45) is 5.92 Å². The van der Waals surface area contributed by atoms with Gasteiger partial charge in [-0.05, 0) is 24.3 Å². The highest BCUT2D eigenvalue weighted by molar-refractivity contribution is 7.09. The SMILES string of the molecule is c1ccc(CN2C[C@@H]3CC[C@H]2CN(Cc2nccs2)C3)cc1. The van der Waals surface area contributed by atoms with Gasteiger partial charge in [-0.25, -0.2) is 4.98 Å². The van der Waals surface area contributed by atoms with Crippen molar-refractivity contribution in [1.82, 2.24) is 14.8 Å². The summed E-state index contributed by atoms with van der Waals surface area (Å²) in [6, 6.07) is 11.6. The van der Waals surface area contributed by atoms with Crippen LogP contribution in [0.3, 0.4) is 0 Å². The number of thiazole rings is 1. The number of aromatic nitrogens is 1. The zero-order chi connectivity index (χ0) is 14.8. The molecule has 2 bridgehead atoms. The molecule has 5 rings (SSSR count). The van der Waals surface area contributed by atoms with Crippen LogP contribution in [0.1, 0.15) is 23.4 Å². The van der Waals surface area contributed by atoms with Gasteiger partial charge in [0, 0.05) is 43.8 Å². The largest absolute Gasteiger partial charge is 0.295 e. The first-order valence-corrected chi connectivity index (χ1v) is 9.13. The molecule has 0 spiro atoms. The summed E-state index contributed by atoms with van der Waals surface area (Å²) in [7, 11) is 0. The Morgan fingerprint density at radius 2 is 1.95 bits per heavy atom. The van der Waals surface area contributed by atoms with Crippen molar-refractivity contribution < 1.29 is 0 Å². The van der Waals surface area contributed by atoms with Crippen LogP contribution in [0.5, 0.6) is 0 Å². The van der Waals surface area contributed by atoms with Crippen molar-refractivity contribution in [3.8, 4) is 0 Å². The Labute approximate surface area is 136 Å². The number of rotatable bonds is 4. The minimum absolute atomic E-state index is 0.707. The summed E-state index contributed by atoms with van der Waals surface area (Å²) >= 11 is 1.78. The quantitative estimate of drug-likeness (QED) is 0.864. The average Bonchev–Trinajstić information content (AvgIpc) is 2.89. The molecule has 22 heavy (non-hydrogen) atoms. The average molecular weight is 313 g/mol. The number of nitrogens with zero attached hydrogens (tertiary/aromatic N) is 3. The Bertz CT molecular complexity index is 584. The van der Waals surface area contributed by atoms with Gasteiger partial charge in [-0.3, -0.25) is 9.80 Å². The molecule has 1 aromatic heterocycles. The predicted molar refractivity (Wildman–Crippen MR) is 90.8 cm³/mol. The van der Waals surface area contributed by atoms with Crippen LogP contribution in [-0.4, -0.2) is 40.5 Å². The lowest BCUT2D eigenvalue weighted by Crippen LogP contribution is -2.43. The maximum Gasteiger partial charge on any atom is 0.107 e. The van der Waals surface area contributed by atoms with Crippen LogP contribution in [0, 0.1) is 5.92 Å². The fourth-order valence-corrected chi connectivity index (χ4v) is 4.60. The van der Waals surface area contributed by atoms with E-state index in [9.17, 15) is 0 Å². The third kappa shape index (κ3) is 3.24. The van der Waals surface area contributed by atoms with Gasteiger partial charge in [0.1, 0.15) is 5.01 Å². The van der Waals surface area contributed by atoms with Crippen LogP contribution in [0.25, 0.3) is 0 Å². The summed E-state index contributed by atoms with van der Waals surface area (Å²) in [5, 5.41) is 3.35. The number of fused-ring (bicyclic) bond motifs is 4. The van der Waals surface area contributed by atoms with Gasteiger partial charge in [0.2, 0.25) is 0 Å². The molecule has 0 N–H and O–H groups in total. The van der Waals surface area contributed by atoms with Crippen molar-refractivity contribution in [1.29, 1.82) is 0 Å². The van der Waals surface area contributed by atoms with E-state index in [0.717, 1.165) is 19.0 Å². The Balaban J connectivity index is 1.44. The Morgan fingerprint density at radius 1 is 1.05 bits per heavy atom. The van der Waals surface area contributed by atoms with Gasteiger partial charge in [-0.2, -0.15) is 0 Å². The third-order valence-corrected chi connectivity index (χ3v) is 5.74. The number of benzene rings is 1. The molecule has 4 heteroatoms. The first kappa shape index (κ1) is 14.4. The molecule has 0 aliphatic carbocycles. The topological polar surface area (TPSA) is 19.4 Å². The highest BCUT2D eigenvalue weighted by atomic mass is 32.1. The van der Waals surface area contributed by atoms with Gasteiger partial charge < -0.3 is 0 Å². The summed E-state index contributed by atoms with van der Waals surface area (Å²) in [4.78, 5) is 9.81. The van der Waals surface area contributed by atoms with Gasteiger partial charge in [0.25, 0.3) is 0 Å². The Morgan fingerprint density at radius 3 is 2.77 bits per heavy atom. The van der Waals surface area contributed by atoms with Crippen LogP contribution < -0.4 is 0 Å². The van der Waals surface area contributed by atoms with Crippen LogP contribution >= 0.6 is 11.3 Å². The monoisotopic (exact) mass is 313 g/mol. The van der Waals surface area contributed by atoms with Crippen molar-refractivity contribution in [3.63, 3.8) is 0 Å². The van der Waals surface area contributed by atoms with Gasteiger partial charge >= 0.3 is 0 Å². The van der Waals surface area contributed by atoms with Gasteiger partial charge in [-0.1, -0.05) is 30.3 Å². The molecule has 1 aromatic carbocycles. The third-order valence-electron chi connectivity index (χ3n) is 4.97. The lowest BCUT2D eigenvalue weighted by Gasteiger charge is -2.36. The molecule has 0 radical (unpaired) electrons. The van der Waals surface area contributed by atoms with Gasteiger partial charge in [0.05, 0.1) is 6.54 Å². The van der Waals surface area contributed by atoms with E-state index in [2.05, 4.69) is 50.5 Å². The summed E-state index contributed by atoms with van der Waals surface area (Å²) < 4.78 is 0. The Kier molecular flexibility index (Phi) is 4.24. The molecular formula is C18H23N3S. The maximum absolute atomic E-state index is 4.46. The molecule has 3 fully saturated rings. The molecule has 3 nitrogen and oxygen atoms in total. The summed E-state index contributed by atoms with van der Waals surface area (Å²) in [6.07, 6.45) is 4.67. The summed E-state index contributed by atoms with van der Waals surface area (Å²) in [6.45, 7) is 5.83. The van der Waals surface area contributed by atoms with Crippen LogP contribution in [0.2, 0.25) is 0 Å². The highest BCUT2D eigenvalue weighted by Crippen LogP contribution is 2.30. The zero-order valence-corrected chi connectivity index (χ0v) is 13.7. The van der Waals surface area contributed by atoms with Crippen molar-refractivity contribution in [3.05, 3.63) is 52.5 Å². The molecule has 3 saturated heterocycles. The van der Waals surface area contributed by atoms with E-state index < -0.39 is 0 Å². The standard InChI is InChI=1S/C18H23N3S/c1-2-4-15(5-3-1)11-21-12-16-6-7-17(21)13-20(10-16)14-18-19-8-9-22-18/h1-5,8-9,16-17H,6-7,10-14H2/t16-,17+/m1/s1. The van der Waals surface area contributed by atoms with E-state index in [-0.39, 0.29) is 0 Å². The van der Waals surface area contributed by atoms with Gasteiger partial charge in [-0.15, -0.1) is 11.3 Å². The fraction of sp³-hybridized carbons (Fsp3) is 0.500. The molecule has 2 atom stereocenters. The van der Waals surface area contributed by atoms with Gasteiger partial charge in [0.15, 0.2) is 0 Å². The maximum atomic E-state index is 4.46. The van der Waals surface area contributed by atoms with Crippen LogP contribution in [0.4, 0.5) is 0 Å². The van der Waals surface area contributed by atoms with E-state index >= 15 is 0 Å². The first-order valence-electron chi connectivity index (χ1n) is 8.25.